The van der Waals surface area contributed by atoms with E-state index in [1.54, 1.807) is 30.3 Å². The maximum atomic E-state index is 13.0. The number of carbonyl (C=O) groups is 1. The molecule has 1 amide bonds. The number of hydrogen-bond donors (Lipinski definition) is 1. The summed E-state index contributed by atoms with van der Waals surface area (Å²) in [7, 11) is -2.24. The molecule has 1 heterocycles. The second kappa shape index (κ2) is 8.71. The fourth-order valence-electron chi connectivity index (χ4n) is 3.22. The van der Waals surface area contributed by atoms with Crippen LogP contribution in [0.3, 0.4) is 0 Å². The van der Waals surface area contributed by atoms with Crippen LogP contribution in [0.4, 0.5) is 5.69 Å². The van der Waals surface area contributed by atoms with Crippen LogP contribution in [0, 0.1) is 0 Å². The Morgan fingerprint density at radius 1 is 1.17 bits per heavy atom. The predicted octanol–water partition coefficient (Wildman–Crippen LogP) is 3.40. The van der Waals surface area contributed by atoms with Crippen molar-refractivity contribution >= 4 is 33.2 Å². The zero-order chi connectivity index (χ0) is 21.2. The minimum absolute atomic E-state index is 0.0687. The summed E-state index contributed by atoms with van der Waals surface area (Å²) in [6.45, 7) is 4.21. The fraction of sp³-hybridized carbons (Fsp3) is 0.350. The summed E-state index contributed by atoms with van der Waals surface area (Å²) in [5, 5.41) is 3.07. The summed E-state index contributed by atoms with van der Waals surface area (Å²) in [4.78, 5) is 12.7. The Labute approximate surface area is 175 Å². The molecule has 0 aromatic heterocycles. The summed E-state index contributed by atoms with van der Waals surface area (Å²) < 4.78 is 38.2. The summed E-state index contributed by atoms with van der Waals surface area (Å²) in [6, 6.07) is 10.8. The molecule has 0 radical (unpaired) electrons. The van der Waals surface area contributed by atoms with E-state index in [2.05, 4.69) is 5.32 Å². The molecule has 9 heteroatoms. The number of rotatable bonds is 5. The van der Waals surface area contributed by atoms with Gasteiger partial charge in [0.1, 0.15) is 5.75 Å². The van der Waals surface area contributed by atoms with E-state index in [-0.39, 0.29) is 35.8 Å². The normalized spacial score (nSPS) is 20.3. The van der Waals surface area contributed by atoms with E-state index in [0.29, 0.717) is 16.5 Å². The van der Waals surface area contributed by atoms with Crippen molar-refractivity contribution in [3.63, 3.8) is 0 Å². The van der Waals surface area contributed by atoms with Gasteiger partial charge >= 0.3 is 0 Å². The van der Waals surface area contributed by atoms with Crippen LogP contribution in [0.5, 0.6) is 5.75 Å². The maximum Gasteiger partial charge on any atom is 0.255 e. The van der Waals surface area contributed by atoms with Gasteiger partial charge in [-0.15, -0.1) is 0 Å². The Balaban J connectivity index is 1.81. The fourth-order valence-corrected chi connectivity index (χ4v) is 5.12. The van der Waals surface area contributed by atoms with Crippen LogP contribution in [0.1, 0.15) is 24.2 Å². The first kappa shape index (κ1) is 21.6. The number of sulfonamides is 1. The number of hydrogen-bond acceptors (Lipinski definition) is 5. The van der Waals surface area contributed by atoms with Crippen LogP contribution in [-0.4, -0.2) is 51.0 Å². The molecule has 1 fully saturated rings. The lowest BCUT2D eigenvalue weighted by Gasteiger charge is -2.34. The van der Waals surface area contributed by atoms with E-state index in [0.717, 1.165) is 0 Å². The number of nitrogens with one attached hydrogen (secondary N) is 1. The average Bonchev–Trinajstić information content (AvgIpc) is 2.67. The van der Waals surface area contributed by atoms with Crippen molar-refractivity contribution in [3.05, 3.63) is 53.1 Å². The second-order valence-electron chi connectivity index (χ2n) is 6.91. The first-order valence-electron chi connectivity index (χ1n) is 9.11. The molecule has 3 rings (SSSR count). The second-order valence-corrected chi connectivity index (χ2v) is 9.26. The molecule has 1 saturated heterocycles. The molecule has 0 unspecified atom stereocenters. The highest BCUT2D eigenvalue weighted by atomic mass is 35.5. The Kier molecular flexibility index (Phi) is 6.48. The summed E-state index contributed by atoms with van der Waals surface area (Å²) in [5.74, 6) is 0.0544. The molecular weight excluding hydrogens is 416 g/mol. The van der Waals surface area contributed by atoms with Crippen molar-refractivity contribution in [2.75, 3.05) is 25.5 Å². The Morgan fingerprint density at radius 2 is 1.86 bits per heavy atom. The van der Waals surface area contributed by atoms with Crippen LogP contribution in [0.2, 0.25) is 5.02 Å². The number of benzene rings is 2. The van der Waals surface area contributed by atoms with Crippen molar-refractivity contribution in [3.8, 4) is 5.75 Å². The molecule has 0 saturated carbocycles. The third-order valence-corrected chi connectivity index (χ3v) is 6.65. The molecule has 0 aliphatic carbocycles. The van der Waals surface area contributed by atoms with Gasteiger partial charge in [-0.25, -0.2) is 8.42 Å². The van der Waals surface area contributed by atoms with Gasteiger partial charge in [0.15, 0.2) is 0 Å². The van der Waals surface area contributed by atoms with Crippen LogP contribution in [0.15, 0.2) is 47.4 Å². The third-order valence-electron chi connectivity index (χ3n) is 4.53. The van der Waals surface area contributed by atoms with Crippen molar-refractivity contribution in [1.29, 1.82) is 0 Å². The van der Waals surface area contributed by atoms with E-state index in [1.807, 2.05) is 13.8 Å². The predicted molar refractivity (Wildman–Crippen MR) is 111 cm³/mol. The summed E-state index contributed by atoms with van der Waals surface area (Å²) in [5.41, 5.74) is 0.706. The van der Waals surface area contributed by atoms with Gasteiger partial charge in [0.25, 0.3) is 5.91 Å². The minimum Gasteiger partial charge on any atom is -0.495 e. The van der Waals surface area contributed by atoms with Gasteiger partial charge in [-0.05, 0) is 50.2 Å². The van der Waals surface area contributed by atoms with Gasteiger partial charge in [0, 0.05) is 24.3 Å². The zero-order valence-electron chi connectivity index (χ0n) is 16.4. The molecule has 156 valence electrons. The Bertz CT molecular complexity index is 1000. The molecule has 2 aromatic carbocycles. The lowest BCUT2D eigenvalue weighted by atomic mass is 10.2. The van der Waals surface area contributed by atoms with Crippen molar-refractivity contribution in [1.82, 2.24) is 4.31 Å². The van der Waals surface area contributed by atoms with Gasteiger partial charge in [-0.3, -0.25) is 4.79 Å². The minimum atomic E-state index is -3.74. The average molecular weight is 439 g/mol. The van der Waals surface area contributed by atoms with Gasteiger partial charge < -0.3 is 14.8 Å². The highest BCUT2D eigenvalue weighted by molar-refractivity contribution is 7.89. The largest absolute Gasteiger partial charge is 0.495 e. The molecular formula is C20H23ClN2O5S. The van der Waals surface area contributed by atoms with Crippen LogP contribution in [-0.2, 0) is 14.8 Å². The van der Waals surface area contributed by atoms with Crippen LogP contribution in [0.25, 0.3) is 0 Å². The highest BCUT2D eigenvalue weighted by Crippen LogP contribution is 2.28. The van der Waals surface area contributed by atoms with E-state index >= 15 is 0 Å². The molecule has 7 nitrogen and oxygen atoms in total. The van der Waals surface area contributed by atoms with Gasteiger partial charge in [0.2, 0.25) is 10.0 Å². The molecule has 2 atom stereocenters. The lowest BCUT2D eigenvalue weighted by molar-refractivity contribution is -0.0440. The number of carbonyl (C=O) groups excluding carboxylic acids is 1. The van der Waals surface area contributed by atoms with E-state index in [1.165, 1.54) is 23.5 Å². The number of ether oxygens (including phenoxy) is 2. The number of nitrogens with zero attached hydrogens (tertiary/aromatic N) is 1. The first-order valence-corrected chi connectivity index (χ1v) is 10.9. The Morgan fingerprint density at radius 3 is 2.48 bits per heavy atom. The quantitative estimate of drug-likeness (QED) is 0.773. The number of methoxy groups -OCH3 is 1. The number of anilines is 1. The van der Waals surface area contributed by atoms with E-state index in [9.17, 15) is 13.2 Å². The summed E-state index contributed by atoms with van der Waals surface area (Å²) in [6.07, 6.45) is -0.389. The molecule has 29 heavy (non-hydrogen) atoms. The van der Waals surface area contributed by atoms with Crippen molar-refractivity contribution < 1.29 is 22.7 Å². The molecule has 1 aliphatic heterocycles. The number of amides is 1. The summed E-state index contributed by atoms with van der Waals surface area (Å²) >= 11 is 6.08. The third kappa shape index (κ3) is 4.90. The maximum absolute atomic E-state index is 13.0. The van der Waals surface area contributed by atoms with E-state index in [4.69, 9.17) is 21.1 Å². The molecule has 1 N–H and O–H groups in total. The zero-order valence-corrected chi connectivity index (χ0v) is 18.0. The van der Waals surface area contributed by atoms with Crippen LogP contribution >= 0.6 is 11.6 Å². The first-order chi connectivity index (χ1) is 13.7. The topological polar surface area (TPSA) is 84.9 Å². The highest BCUT2D eigenvalue weighted by Gasteiger charge is 2.32. The number of halogens is 1. The lowest BCUT2D eigenvalue weighted by Crippen LogP contribution is -2.48. The van der Waals surface area contributed by atoms with Crippen LogP contribution < -0.4 is 10.1 Å². The Hall–Kier alpha value is -2.13. The van der Waals surface area contributed by atoms with Gasteiger partial charge in [0.05, 0.1) is 29.2 Å². The number of morpholine rings is 1. The van der Waals surface area contributed by atoms with Crippen molar-refractivity contribution in [2.24, 2.45) is 0 Å². The molecule has 1 aliphatic rings. The SMILES string of the molecule is COc1ccc(NC(=O)c2cccc(S(=O)(=O)N3C[C@@H](C)O[C@H](C)C3)c2)cc1Cl. The van der Waals surface area contributed by atoms with Gasteiger partial charge in [-0.2, -0.15) is 4.31 Å². The molecule has 0 spiro atoms. The van der Waals surface area contributed by atoms with Crippen molar-refractivity contribution in [2.45, 2.75) is 31.0 Å². The molecule has 0 bridgehead atoms. The molecule has 2 aromatic rings. The standard InChI is InChI=1S/C20H23ClN2O5S/c1-13-11-23(12-14(2)28-13)29(25,26)17-6-4-5-15(9-17)20(24)22-16-7-8-19(27-3)18(21)10-16/h4-10,13-14H,11-12H2,1-3H3,(H,22,24)/t13-,14-/m1/s1. The van der Waals surface area contributed by atoms with Gasteiger partial charge in [-0.1, -0.05) is 17.7 Å². The smallest absolute Gasteiger partial charge is 0.255 e. The van der Waals surface area contributed by atoms with E-state index < -0.39 is 15.9 Å². The monoisotopic (exact) mass is 438 g/mol.